The highest BCUT2D eigenvalue weighted by atomic mass is 16.5. The van der Waals surface area contributed by atoms with E-state index in [4.69, 9.17) is 9.47 Å². The number of nitrogens with one attached hydrogen (secondary N) is 1. The number of ether oxygens (including phenoxy) is 2. The van der Waals surface area contributed by atoms with Gasteiger partial charge in [-0.05, 0) is 62.3 Å². The van der Waals surface area contributed by atoms with Crippen molar-refractivity contribution in [3.05, 3.63) is 23.3 Å². The predicted octanol–water partition coefficient (Wildman–Crippen LogP) is 3.85. The van der Waals surface area contributed by atoms with Crippen LogP contribution in [0.3, 0.4) is 0 Å². The van der Waals surface area contributed by atoms with Crippen LogP contribution in [0.15, 0.2) is 12.1 Å². The molecular weight excluding hydrogens is 278 g/mol. The van der Waals surface area contributed by atoms with Crippen LogP contribution in [0.2, 0.25) is 0 Å². The molecule has 122 valence electrons. The van der Waals surface area contributed by atoms with Gasteiger partial charge in [0.2, 0.25) is 0 Å². The maximum Gasteiger partial charge on any atom is 0.256 e. The third kappa shape index (κ3) is 3.27. The fourth-order valence-electron chi connectivity index (χ4n) is 3.58. The van der Waals surface area contributed by atoms with Crippen LogP contribution in [0.1, 0.15) is 43.7 Å². The van der Waals surface area contributed by atoms with Crippen LogP contribution < -0.4 is 10.1 Å². The lowest BCUT2D eigenvalue weighted by Gasteiger charge is -2.37. The molecule has 1 aromatic carbocycles. The van der Waals surface area contributed by atoms with Crippen LogP contribution in [0.4, 0.5) is 5.69 Å². The number of carbonyl (C=O) groups is 1. The quantitative estimate of drug-likeness (QED) is 0.919. The van der Waals surface area contributed by atoms with Crippen molar-refractivity contribution in [1.82, 2.24) is 0 Å². The van der Waals surface area contributed by atoms with Crippen molar-refractivity contribution in [1.29, 1.82) is 0 Å². The Kier molecular flexibility index (Phi) is 5.12. The summed E-state index contributed by atoms with van der Waals surface area (Å²) < 4.78 is 11.0. The van der Waals surface area contributed by atoms with Crippen LogP contribution in [-0.2, 0) is 9.53 Å². The molecule has 0 radical (unpaired) electrons. The number of benzene rings is 1. The van der Waals surface area contributed by atoms with Gasteiger partial charge in [-0.2, -0.15) is 0 Å². The highest BCUT2D eigenvalue weighted by Crippen LogP contribution is 2.36. The van der Waals surface area contributed by atoms with Gasteiger partial charge in [0.1, 0.15) is 11.4 Å². The van der Waals surface area contributed by atoms with Crippen LogP contribution in [0.5, 0.6) is 5.75 Å². The van der Waals surface area contributed by atoms with Gasteiger partial charge in [0, 0.05) is 12.8 Å². The molecule has 1 N–H and O–H groups in total. The number of hydrogen-bond donors (Lipinski definition) is 1. The molecular formula is C18H27NO3. The van der Waals surface area contributed by atoms with Gasteiger partial charge < -0.3 is 14.8 Å². The van der Waals surface area contributed by atoms with Gasteiger partial charge in [-0.15, -0.1) is 0 Å². The van der Waals surface area contributed by atoms with Gasteiger partial charge >= 0.3 is 0 Å². The van der Waals surface area contributed by atoms with Gasteiger partial charge in [0.05, 0.1) is 7.11 Å². The van der Waals surface area contributed by atoms with E-state index in [0.29, 0.717) is 5.92 Å². The molecule has 1 saturated carbocycles. The Balaban J connectivity index is 2.20. The van der Waals surface area contributed by atoms with Gasteiger partial charge in [0.15, 0.2) is 0 Å². The standard InChI is InChI=1S/C18H27NO3/c1-12-7-6-8-18(11-12,22-5)17(20)19-15-9-13(2)16(21-4)14(3)10-15/h9-10,12H,6-8,11H2,1-5H3,(H,19,20)/t12-,18+/m0/s1. The zero-order chi connectivity index (χ0) is 16.3. The average Bonchev–Trinajstić information content (AvgIpc) is 2.46. The minimum atomic E-state index is -0.695. The summed E-state index contributed by atoms with van der Waals surface area (Å²) in [5.41, 5.74) is 2.14. The zero-order valence-corrected chi connectivity index (χ0v) is 14.3. The third-order valence-electron chi connectivity index (χ3n) is 4.68. The molecule has 22 heavy (non-hydrogen) atoms. The van der Waals surface area contributed by atoms with Gasteiger partial charge in [-0.3, -0.25) is 4.79 Å². The van der Waals surface area contributed by atoms with Crippen LogP contribution in [0, 0.1) is 19.8 Å². The monoisotopic (exact) mass is 305 g/mol. The lowest BCUT2D eigenvalue weighted by atomic mass is 9.78. The topological polar surface area (TPSA) is 47.6 Å². The maximum atomic E-state index is 12.8. The zero-order valence-electron chi connectivity index (χ0n) is 14.3. The van der Waals surface area contributed by atoms with E-state index in [1.165, 1.54) is 6.42 Å². The normalized spacial score (nSPS) is 24.9. The largest absolute Gasteiger partial charge is 0.496 e. The Morgan fingerprint density at radius 2 is 1.91 bits per heavy atom. The van der Waals surface area contributed by atoms with Crippen molar-refractivity contribution >= 4 is 11.6 Å². The van der Waals surface area contributed by atoms with E-state index >= 15 is 0 Å². The summed E-state index contributed by atoms with van der Waals surface area (Å²) in [5, 5.41) is 3.04. The fraction of sp³-hybridized carbons (Fsp3) is 0.611. The minimum Gasteiger partial charge on any atom is -0.496 e. The number of rotatable bonds is 4. The molecule has 2 atom stereocenters. The van der Waals surface area contributed by atoms with Crippen molar-refractivity contribution in [3.8, 4) is 5.75 Å². The molecule has 1 aromatic rings. The molecule has 1 fully saturated rings. The summed E-state index contributed by atoms with van der Waals surface area (Å²) >= 11 is 0. The Bertz CT molecular complexity index is 532. The molecule has 0 aliphatic heterocycles. The van der Waals surface area contributed by atoms with Crippen molar-refractivity contribution in [2.24, 2.45) is 5.92 Å². The number of amides is 1. The molecule has 1 aliphatic carbocycles. The highest BCUT2D eigenvalue weighted by Gasteiger charge is 2.42. The van der Waals surface area contributed by atoms with Gasteiger partial charge in [0.25, 0.3) is 5.91 Å². The van der Waals surface area contributed by atoms with E-state index in [0.717, 1.165) is 41.8 Å². The molecule has 0 heterocycles. The number of anilines is 1. The molecule has 0 bridgehead atoms. The highest BCUT2D eigenvalue weighted by molar-refractivity contribution is 5.97. The summed E-state index contributed by atoms with van der Waals surface area (Å²) in [7, 11) is 3.30. The molecule has 0 saturated heterocycles. The summed E-state index contributed by atoms with van der Waals surface area (Å²) in [6.45, 7) is 6.15. The Morgan fingerprint density at radius 3 is 2.41 bits per heavy atom. The fourth-order valence-corrected chi connectivity index (χ4v) is 3.58. The summed E-state index contributed by atoms with van der Waals surface area (Å²) in [5.74, 6) is 1.34. The maximum absolute atomic E-state index is 12.8. The molecule has 0 aromatic heterocycles. The molecule has 0 unspecified atom stereocenters. The van der Waals surface area contributed by atoms with Crippen molar-refractivity contribution in [2.45, 2.75) is 52.1 Å². The van der Waals surface area contributed by atoms with Gasteiger partial charge in [-0.25, -0.2) is 0 Å². The first kappa shape index (κ1) is 16.8. The lowest BCUT2D eigenvalue weighted by Crippen LogP contribution is -2.47. The second-order valence-electron chi connectivity index (χ2n) is 6.50. The predicted molar refractivity (Wildman–Crippen MR) is 88.5 cm³/mol. The lowest BCUT2D eigenvalue weighted by molar-refractivity contribution is -0.143. The number of hydrogen-bond acceptors (Lipinski definition) is 3. The number of methoxy groups -OCH3 is 2. The first-order valence-electron chi connectivity index (χ1n) is 7.93. The smallest absolute Gasteiger partial charge is 0.256 e. The Labute approximate surface area is 133 Å². The minimum absolute atomic E-state index is 0.0366. The second-order valence-corrected chi connectivity index (χ2v) is 6.50. The van der Waals surface area contributed by atoms with Crippen LogP contribution >= 0.6 is 0 Å². The van der Waals surface area contributed by atoms with E-state index in [1.54, 1.807) is 14.2 Å². The van der Waals surface area contributed by atoms with Crippen molar-refractivity contribution in [2.75, 3.05) is 19.5 Å². The Hall–Kier alpha value is -1.55. The van der Waals surface area contributed by atoms with E-state index in [2.05, 4.69) is 12.2 Å². The molecule has 0 spiro atoms. The van der Waals surface area contributed by atoms with Crippen molar-refractivity contribution < 1.29 is 14.3 Å². The van der Waals surface area contributed by atoms with Crippen LogP contribution in [-0.4, -0.2) is 25.7 Å². The summed E-state index contributed by atoms with van der Waals surface area (Å²) in [6.07, 6.45) is 3.76. The first-order chi connectivity index (χ1) is 10.4. The Morgan fingerprint density at radius 1 is 1.27 bits per heavy atom. The number of carbonyl (C=O) groups excluding carboxylic acids is 1. The van der Waals surface area contributed by atoms with E-state index in [-0.39, 0.29) is 5.91 Å². The van der Waals surface area contributed by atoms with Crippen LogP contribution in [0.25, 0.3) is 0 Å². The molecule has 4 heteroatoms. The van der Waals surface area contributed by atoms with E-state index in [1.807, 2.05) is 26.0 Å². The first-order valence-corrected chi connectivity index (χ1v) is 7.93. The average molecular weight is 305 g/mol. The molecule has 4 nitrogen and oxygen atoms in total. The molecule has 2 rings (SSSR count). The summed E-state index contributed by atoms with van der Waals surface area (Å²) in [4.78, 5) is 12.8. The van der Waals surface area contributed by atoms with Crippen molar-refractivity contribution in [3.63, 3.8) is 0 Å². The van der Waals surface area contributed by atoms with Gasteiger partial charge in [-0.1, -0.05) is 13.3 Å². The second kappa shape index (κ2) is 6.69. The van der Waals surface area contributed by atoms with E-state index in [9.17, 15) is 4.79 Å². The number of aryl methyl sites for hydroxylation is 2. The molecule has 1 aliphatic rings. The summed E-state index contributed by atoms with van der Waals surface area (Å²) in [6, 6.07) is 3.89. The molecule has 1 amide bonds. The SMILES string of the molecule is COc1c(C)cc(NC(=O)[C@@]2(OC)CCC[C@H](C)C2)cc1C. The van der Waals surface area contributed by atoms with E-state index < -0.39 is 5.60 Å². The third-order valence-corrected chi connectivity index (χ3v) is 4.68.